The van der Waals surface area contributed by atoms with Gasteiger partial charge in [-0.1, -0.05) is 25.4 Å². The largest absolute Gasteiger partial charge is 0.321 e. The Hall–Kier alpha value is -0.540. The van der Waals surface area contributed by atoms with Crippen molar-refractivity contribution >= 4 is 11.6 Å². The number of hydrogen-bond donors (Lipinski definition) is 1. The molecule has 1 aromatic heterocycles. The third kappa shape index (κ3) is 3.31. The molecule has 0 atom stereocenters. The van der Waals surface area contributed by atoms with Gasteiger partial charge in [0.1, 0.15) is 11.0 Å². The van der Waals surface area contributed by atoms with Gasteiger partial charge < -0.3 is 9.88 Å². The summed E-state index contributed by atoms with van der Waals surface area (Å²) in [4.78, 5) is 4.20. The molecule has 80 valence electrons. The van der Waals surface area contributed by atoms with E-state index in [0.29, 0.717) is 5.15 Å². The Kier molecular flexibility index (Phi) is 4.42. The van der Waals surface area contributed by atoms with E-state index in [9.17, 15) is 0 Å². The van der Waals surface area contributed by atoms with E-state index in [1.807, 2.05) is 11.6 Å². The molecule has 1 heterocycles. The summed E-state index contributed by atoms with van der Waals surface area (Å²) in [5.74, 6) is 1.73. The second kappa shape index (κ2) is 5.37. The van der Waals surface area contributed by atoms with E-state index >= 15 is 0 Å². The second-order valence-corrected chi connectivity index (χ2v) is 4.30. The van der Waals surface area contributed by atoms with Gasteiger partial charge in [0.25, 0.3) is 0 Å². The van der Waals surface area contributed by atoms with Gasteiger partial charge in [0.05, 0.1) is 12.7 Å². The molecule has 0 fully saturated rings. The highest BCUT2D eigenvalue weighted by Gasteiger charge is 2.03. The summed E-state index contributed by atoms with van der Waals surface area (Å²) in [7, 11) is 1.93. The highest BCUT2D eigenvalue weighted by Crippen LogP contribution is 2.08. The van der Waals surface area contributed by atoms with Crippen molar-refractivity contribution in [1.29, 1.82) is 0 Å². The summed E-state index contributed by atoms with van der Waals surface area (Å²) in [6.45, 7) is 6.26. The van der Waals surface area contributed by atoms with Gasteiger partial charge in [-0.05, 0) is 18.9 Å². The van der Waals surface area contributed by atoms with Crippen molar-refractivity contribution in [2.75, 3.05) is 6.54 Å². The van der Waals surface area contributed by atoms with Crippen molar-refractivity contribution < 1.29 is 0 Å². The van der Waals surface area contributed by atoms with Crippen LogP contribution in [0.3, 0.4) is 0 Å². The zero-order valence-corrected chi connectivity index (χ0v) is 9.80. The molecule has 0 spiro atoms. The maximum atomic E-state index is 5.87. The lowest BCUT2D eigenvalue weighted by atomic mass is 10.1. The zero-order chi connectivity index (χ0) is 10.6. The van der Waals surface area contributed by atoms with Crippen LogP contribution in [-0.4, -0.2) is 16.1 Å². The van der Waals surface area contributed by atoms with Gasteiger partial charge in [-0.25, -0.2) is 4.98 Å². The fourth-order valence-electron chi connectivity index (χ4n) is 1.18. The van der Waals surface area contributed by atoms with Gasteiger partial charge in [0.2, 0.25) is 0 Å². The minimum Gasteiger partial charge on any atom is -0.321 e. The number of rotatable bonds is 5. The average molecular weight is 216 g/mol. The van der Waals surface area contributed by atoms with Crippen molar-refractivity contribution in [1.82, 2.24) is 14.9 Å². The second-order valence-electron chi connectivity index (χ2n) is 3.92. The highest BCUT2D eigenvalue weighted by atomic mass is 35.5. The van der Waals surface area contributed by atoms with Gasteiger partial charge >= 0.3 is 0 Å². The first-order chi connectivity index (χ1) is 6.61. The third-order valence-electron chi connectivity index (χ3n) is 2.21. The maximum absolute atomic E-state index is 5.87. The van der Waals surface area contributed by atoms with Crippen LogP contribution < -0.4 is 5.32 Å². The molecule has 0 amide bonds. The van der Waals surface area contributed by atoms with Crippen molar-refractivity contribution in [2.24, 2.45) is 13.0 Å². The molecule has 1 rings (SSSR count). The fourth-order valence-corrected chi connectivity index (χ4v) is 1.33. The Bertz CT molecular complexity index is 281. The van der Waals surface area contributed by atoms with E-state index in [0.717, 1.165) is 24.8 Å². The minimum atomic E-state index is 0.686. The maximum Gasteiger partial charge on any atom is 0.128 e. The Morgan fingerprint density at radius 3 is 2.79 bits per heavy atom. The zero-order valence-electron chi connectivity index (χ0n) is 9.05. The number of imidazole rings is 1. The van der Waals surface area contributed by atoms with Crippen LogP contribution >= 0.6 is 11.6 Å². The van der Waals surface area contributed by atoms with Crippen LogP contribution in [0.5, 0.6) is 0 Å². The smallest absolute Gasteiger partial charge is 0.128 e. The average Bonchev–Trinajstić information content (AvgIpc) is 2.43. The molecule has 1 N–H and O–H groups in total. The lowest BCUT2D eigenvalue weighted by Gasteiger charge is -2.06. The third-order valence-corrected chi connectivity index (χ3v) is 2.56. The van der Waals surface area contributed by atoms with Gasteiger partial charge in [-0.15, -0.1) is 0 Å². The van der Waals surface area contributed by atoms with E-state index in [2.05, 4.69) is 24.1 Å². The number of halogens is 1. The van der Waals surface area contributed by atoms with E-state index in [1.165, 1.54) is 6.42 Å². The first kappa shape index (κ1) is 11.5. The summed E-state index contributed by atoms with van der Waals surface area (Å²) in [6.07, 6.45) is 2.87. The molecular weight excluding hydrogens is 198 g/mol. The lowest BCUT2D eigenvalue weighted by Crippen LogP contribution is -2.18. The minimum absolute atomic E-state index is 0.686. The van der Waals surface area contributed by atoms with Gasteiger partial charge in [0.15, 0.2) is 0 Å². The van der Waals surface area contributed by atoms with Crippen LogP contribution in [0.15, 0.2) is 6.20 Å². The number of hydrogen-bond acceptors (Lipinski definition) is 2. The molecule has 0 saturated heterocycles. The highest BCUT2D eigenvalue weighted by molar-refractivity contribution is 6.29. The molecule has 0 radical (unpaired) electrons. The standard InChI is InChI=1S/C10H18ClN3/c1-8(2)4-5-12-7-10-13-6-9(11)14(10)3/h6,8,12H,4-5,7H2,1-3H3. The summed E-state index contributed by atoms with van der Waals surface area (Å²) in [5, 5.41) is 4.03. The van der Waals surface area contributed by atoms with Crippen LogP contribution in [0, 0.1) is 5.92 Å². The molecule has 1 aromatic rings. The van der Waals surface area contributed by atoms with E-state index in [4.69, 9.17) is 11.6 Å². The van der Waals surface area contributed by atoms with Crippen LogP contribution in [-0.2, 0) is 13.6 Å². The topological polar surface area (TPSA) is 29.9 Å². The first-order valence-electron chi connectivity index (χ1n) is 4.98. The van der Waals surface area contributed by atoms with Crippen LogP contribution in [0.2, 0.25) is 5.15 Å². The molecular formula is C10H18ClN3. The van der Waals surface area contributed by atoms with Crippen LogP contribution in [0.25, 0.3) is 0 Å². The normalized spacial score (nSPS) is 11.2. The van der Waals surface area contributed by atoms with Crippen molar-refractivity contribution in [3.63, 3.8) is 0 Å². The number of nitrogens with one attached hydrogen (secondary N) is 1. The van der Waals surface area contributed by atoms with Gasteiger partial charge in [-0.3, -0.25) is 0 Å². The number of nitrogens with zero attached hydrogens (tertiary/aromatic N) is 2. The SMILES string of the molecule is CC(C)CCNCc1ncc(Cl)n1C. The van der Waals surface area contributed by atoms with Crippen molar-refractivity contribution in [3.05, 3.63) is 17.2 Å². The van der Waals surface area contributed by atoms with Crippen LogP contribution in [0.4, 0.5) is 0 Å². The van der Waals surface area contributed by atoms with Crippen LogP contribution in [0.1, 0.15) is 26.1 Å². The molecule has 14 heavy (non-hydrogen) atoms. The molecule has 0 aliphatic carbocycles. The van der Waals surface area contributed by atoms with Crippen molar-refractivity contribution in [2.45, 2.75) is 26.8 Å². The predicted molar refractivity (Wildman–Crippen MR) is 59.4 cm³/mol. The molecule has 0 aliphatic rings. The molecule has 0 aromatic carbocycles. The van der Waals surface area contributed by atoms with Gasteiger partial charge in [0, 0.05) is 7.05 Å². The predicted octanol–water partition coefficient (Wildman–Crippen LogP) is 2.21. The Morgan fingerprint density at radius 2 is 2.29 bits per heavy atom. The molecule has 0 unspecified atom stereocenters. The molecule has 0 aliphatic heterocycles. The summed E-state index contributed by atoms with van der Waals surface area (Å²) >= 11 is 5.87. The summed E-state index contributed by atoms with van der Waals surface area (Å²) in [6, 6.07) is 0. The Morgan fingerprint density at radius 1 is 1.57 bits per heavy atom. The molecule has 0 saturated carbocycles. The van der Waals surface area contributed by atoms with E-state index < -0.39 is 0 Å². The molecule has 0 bridgehead atoms. The van der Waals surface area contributed by atoms with Crippen molar-refractivity contribution in [3.8, 4) is 0 Å². The van der Waals surface area contributed by atoms with E-state index in [1.54, 1.807) is 6.20 Å². The Balaban J connectivity index is 2.28. The van der Waals surface area contributed by atoms with E-state index in [-0.39, 0.29) is 0 Å². The lowest BCUT2D eigenvalue weighted by molar-refractivity contribution is 0.527. The number of aromatic nitrogens is 2. The monoisotopic (exact) mass is 215 g/mol. The quantitative estimate of drug-likeness (QED) is 0.764. The molecule has 3 nitrogen and oxygen atoms in total. The first-order valence-corrected chi connectivity index (χ1v) is 5.36. The fraction of sp³-hybridized carbons (Fsp3) is 0.700. The summed E-state index contributed by atoms with van der Waals surface area (Å²) < 4.78 is 1.89. The van der Waals surface area contributed by atoms with Gasteiger partial charge in [-0.2, -0.15) is 0 Å². The molecule has 4 heteroatoms. The summed E-state index contributed by atoms with van der Waals surface area (Å²) in [5.41, 5.74) is 0. The Labute approximate surface area is 90.5 Å².